The average molecular weight is 304 g/mol. The molecule has 4 aromatic rings. The number of nitrogens with zero attached hydrogens (tertiary/aromatic N) is 3. The molecule has 23 heavy (non-hydrogen) atoms. The minimum atomic E-state index is 0.277. The summed E-state index contributed by atoms with van der Waals surface area (Å²) in [6.45, 7) is 0.750. The summed E-state index contributed by atoms with van der Waals surface area (Å²) in [6, 6.07) is 16.3. The van der Waals surface area contributed by atoms with E-state index in [0.29, 0.717) is 0 Å². The van der Waals surface area contributed by atoms with E-state index in [0.717, 1.165) is 34.2 Å². The molecule has 0 unspecified atom stereocenters. The molecule has 4 rings (SSSR count). The molecule has 5 heteroatoms. The van der Waals surface area contributed by atoms with Gasteiger partial charge < -0.3 is 15.0 Å². The zero-order chi connectivity index (χ0) is 15.8. The van der Waals surface area contributed by atoms with Gasteiger partial charge in [0.15, 0.2) is 0 Å². The number of rotatable bonds is 3. The molecule has 5 nitrogen and oxygen atoms in total. The quantitative estimate of drug-likeness (QED) is 0.631. The van der Waals surface area contributed by atoms with E-state index < -0.39 is 0 Å². The van der Waals surface area contributed by atoms with Gasteiger partial charge in [-0.05, 0) is 23.8 Å². The predicted octanol–water partition coefficient (Wildman–Crippen LogP) is 3.22. The van der Waals surface area contributed by atoms with Gasteiger partial charge in [0.2, 0.25) is 5.95 Å². The van der Waals surface area contributed by atoms with Crippen LogP contribution in [0.15, 0.2) is 54.7 Å². The minimum absolute atomic E-state index is 0.277. The molecule has 2 N–H and O–H groups in total. The first-order chi connectivity index (χ1) is 11.3. The van der Waals surface area contributed by atoms with Crippen molar-refractivity contribution in [2.24, 2.45) is 0 Å². The van der Waals surface area contributed by atoms with Gasteiger partial charge in [-0.2, -0.15) is 0 Å². The molecule has 0 atom stereocenters. The van der Waals surface area contributed by atoms with Crippen molar-refractivity contribution in [3.05, 3.63) is 60.3 Å². The third kappa shape index (κ3) is 2.26. The third-order valence-corrected chi connectivity index (χ3v) is 4.01. The van der Waals surface area contributed by atoms with Crippen LogP contribution in [0.5, 0.6) is 5.75 Å². The summed E-state index contributed by atoms with van der Waals surface area (Å²) >= 11 is 0. The van der Waals surface area contributed by atoms with Crippen molar-refractivity contribution >= 4 is 27.9 Å². The van der Waals surface area contributed by atoms with E-state index >= 15 is 0 Å². The Morgan fingerprint density at radius 1 is 1.09 bits per heavy atom. The zero-order valence-corrected chi connectivity index (χ0v) is 12.7. The highest BCUT2D eigenvalue weighted by atomic mass is 16.5. The summed E-state index contributed by atoms with van der Waals surface area (Å²) in [5, 5.41) is 1.02. The predicted molar refractivity (Wildman–Crippen MR) is 91.5 cm³/mol. The van der Waals surface area contributed by atoms with Crippen molar-refractivity contribution in [2.45, 2.75) is 6.54 Å². The van der Waals surface area contributed by atoms with E-state index in [1.165, 1.54) is 5.56 Å². The molecular weight excluding hydrogens is 288 g/mol. The number of methoxy groups -OCH3 is 1. The Balaban J connectivity index is 2.00. The molecule has 2 heterocycles. The fraction of sp³-hybridized carbons (Fsp3) is 0.111. The van der Waals surface area contributed by atoms with Gasteiger partial charge in [-0.1, -0.05) is 30.3 Å². The summed E-state index contributed by atoms with van der Waals surface area (Å²) in [7, 11) is 1.66. The molecule has 0 fully saturated rings. The largest absolute Gasteiger partial charge is 0.497 e. The van der Waals surface area contributed by atoms with Crippen molar-refractivity contribution in [1.82, 2.24) is 14.5 Å². The first-order valence-corrected chi connectivity index (χ1v) is 7.38. The van der Waals surface area contributed by atoms with Gasteiger partial charge >= 0.3 is 0 Å². The van der Waals surface area contributed by atoms with Crippen LogP contribution in [0.3, 0.4) is 0 Å². The first kappa shape index (κ1) is 13.6. The number of nitrogen functional groups attached to an aromatic ring is 1. The SMILES string of the molecule is COc1ccc2c(c1)c1nc(N)ncc1n2Cc1ccccc1. The summed E-state index contributed by atoms with van der Waals surface area (Å²) in [5.74, 6) is 1.08. The molecule has 2 aromatic heterocycles. The van der Waals surface area contributed by atoms with Gasteiger partial charge in [0, 0.05) is 11.9 Å². The molecule has 0 spiro atoms. The number of hydrogen-bond donors (Lipinski definition) is 1. The second-order valence-corrected chi connectivity index (χ2v) is 5.42. The normalized spacial score (nSPS) is 11.2. The van der Waals surface area contributed by atoms with Crippen molar-refractivity contribution < 1.29 is 4.74 Å². The molecule has 0 bridgehead atoms. The molecule has 0 radical (unpaired) electrons. The fourth-order valence-corrected chi connectivity index (χ4v) is 2.92. The smallest absolute Gasteiger partial charge is 0.220 e. The Labute approximate surface area is 133 Å². The number of anilines is 1. The second kappa shape index (κ2) is 5.28. The highest BCUT2D eigenvalue weighted by molar-refractivity contribution is 6.06. The lowest BCUT2D eigenvalue weighted by atomic mass is 10.2. The van der Waals surface area contributed by atoms with Gasteiger partial charge in [-0.25, -0.2) is 9.97 Å². The fourth-order valence-electron chi connectivity index (χ4n) is 2.92. The molecular formula is C18H16N4O. The molecule has 0 amide bonds. The lowest BCUT2D eigenvalue weighted by Crippen LogP contribution is -2.00. The second-order valence-electron chi connectivity index (χ2n) is 5.42. The number of benzene rings is 2. The molecule has 0 aliphatic rings. The Bertz CT molecular complexity index is 992. The monoisotopic (exact) mass is 304 g/mol. The maximum Gasteiger partial charge on any atom is 0.220 e. The standard InChI is InChI=1S/C18H16N4O/c1-23-13-7-8-15-14(9-13)17-16(10-20-18(19)21-17)22(15)11-12-5-3-2-4-6-12/h2-10H,11H2,1H3,(H2,19,20,21). The van der Waals surface area contributed by atoms with Gasteiger partial charge in [0.1, 0.15) is 11.3 Å². The molecule has 0 saturated carbocycles. The van der Waals surface area contributed by atoms with E-state index in [2.05, 4.69) is 32.7 Å². The van der Waals surface area contributed by atoms with Crippen LogP contribution in [-0.4, -0.2) is 21.6 Å². The van der Waals surface area contributed by atoms with Gasteiger partial charge in [0.05, 0.1) is 24.3 Å². The Morgan fingerprint density at radius 3 is 2.70 bits per heavy atom. The number of ether oxygens (including phenoxy) is 1. The van der Waals surface area contributed by atoms with E-state index in [4.69, 9.17) is 10.5 Å². The molecule has 2 aromatic carbocycles. The van der Waals surface area contributed by atoms with E-state index in [-0.39, 0.29) is 5.95 Å². The first-order valence-electron chi connectivity index (χ1n) is 7.38. The van der Waals surface area contributed by atoms with E-state index in [9.17, 15) is 0 Å². The Hall–Kier alpha value is -3.08. The zero-order valence-electron chi connectivity index (χ0n) is 12.7. The van der Waals surface area contributed by atoms with Crippen molar-refractivity contribution in [1.29, 1.82) is 0 Å². The number of aromatic nitrogens is 3. The topological polar surface area (TPSA) is 66.0 Å². The van der Waals surface area contributed by atoms with Crippen LogP contribution < -0.4 is 10.5 Å². The summed E-state index contributed by atoms with van der Waals surface area (Å²) in [5.41, 5.74) is 9.91. The van der Waals surface area contributed by atoms with E-state index in [1.807, 2.05) is 30.3 Å². The van der Waals surface area contributed by atoms with Crippen LogP contribution in [0.4, 0.5) is 5.95 Å². The van der Waals surface area contributed by atoms with Crippen LogP contribution in [0.25, 0.3) is 21.9 Å². The van der Waals surface area contributed by atoms with Gasteiger partial charge in [0.25, 0.3) is 0 Å². The van der Waals surface area contributed by atoms with Crippen molar-refractivity contribution in [3.63, 3.8) is 0 Å². The third-order valence-electron chi connectivity index (χ3n) is 4.01. The van der Waals surface area contributed by atoms with Crippen LogP contribution in [-0.2, 0) is 6.54 Å². The number of nitrogens with two attached hydrogens (primary N) is 1. The summed E-state index contributed by atoms with van der Waals surface area (Å²) < 4.78 is 7.55. The van der Waals surface area contributed by atoms with Crippen LogP contribution in [0, 0.1) is 0 Å². The number of hydrogen-bond acceptors (Lipinski definition) is 4. The molecule has 114 valence electrons. The lowest BCUT2D eigenvalue weighted by molar-refractivity contribution is 0.415. The molecule has 0 aliphatic heterocycles. The van der Waals surface area contributed by atoms with E-state index in [1.54, 1.807) is 13.3 Å². The Kier molecular flexibility index (Phi) is 3.12. The lowest BCUT2D eigenvalue weighted by Gasteiger charge is -2.07. The number of fused-ring (bicyclic) bond motifs is 3. The highest BCUT2D eigenvalue weighted by Crippen LogP contribution is 2.31. The maximum absolute atomic E-state index is 5.78. The highest BCUT2D eigenvalue weighted by Gasteiger charge is 2.14. The van der Waals surface area contributed by atoms with Crippen LogP contribution in [0.1, 0.15) is 5.56 Å². The maximum atomic E-state index is 5.78. The van der Waals surface area contributed by atoms with Crippen molar-refractivity contribution in [2.75, 3.05) is 12.8 Å². The van der Waals surface area contributed by atoms with Crippen LogP contribution in [0.2, 0.25) is 0 Å². The Morgan fingerprint density at radius 2 is 1.91 bits per heavy atom. The summed E-state index contributed by atoms with van der Waals surface area (Å²) in [6.07, 6.45) is 1.78. The summed E-state index contributed by atoms with van der Waals surface area (Å²) in [4.78, 5) is 8.59. The van der Waals surface area contributed by atoms with Gasteiger partial charge in [-0.15, -0.1) is 0 Å². The van der Waals surface area contributed by atoms with Crippen molar-refractivity contribution in [3.8, 4) is 5.75 Å². The minimum Gasteiger partial charge on any atom is -0.497 e. The van der Waals surface area contributed by atoms with Gasteiger partial charge in [-0.3, -0.25) is 0 Å². The molecule has 0 aliphatic carbocycles. The molecule has 0 saturated heterocycles. The van der Waals surface area contributed by atoms with Crippen LogP contribution >= 0.6 is 0 Å². The average Bonchev–Trinajstić information content (AvgIpc) is 2.88.